The molecule has 0 aliphatic heterocycles. The molecule has 1 aliphatic carbocycles. The number of hydrogen-bond donors (Lipinski definition) is 2. The standard InChI is InChI=1S/C13H19N3/c1-9-11(7-16-8-12(9)14)10-3-5-13(2,15)6-4-10/h3,7-8H,4-6,14-15H2,1-2H3. The molecule has 3 nitrogen and oxygen atoms in total. The lowest BCUT2D eigenvalue weighted by molar-refractivity contribution is 0.432. The highest BCUT2D eigenvalue weighted by atomic mass is 14.7. The van der Waals surface area contributed by atoms with Gasteiger partial charge in [0.25, 0.3) is 0 Å². The van der Waals surface area contributed by atoms with E-state index in [0.29, 0.717) is 0 Å². The zero-order valence-corrected chi connectivity index (χ0v) is 9.96. The van der Waals surface area contributed by atoms with Gasteiger partial charge in [-0.15, -0.1) is 0 Å². The molecule has 1 heterocycles. The van der Waals surface area contributed by atoms with Gasteiger partial charge in [-0.3, -0.25) is 4.98 Å². The number of rotatable bonds is 1. The third-order valence-corrected chi connectivity index (χ3v) is 3.38. The first kappa shape index (κ1) is 11.1. The summed E-state index contributed by atoms with van der Waals surface area (Å²) < 4.78 is 0. The van der Waals surface area contributed by atoms with Crippen LogP contribution in [0.15, 0.2) is 18.5 Å². The molecule has 0 saturated carbocycles. The number of allylic oxidation sites excluding steroid dienone is 1. The van der Waals surface area contributed by atoms with Gasteiger partial charge in [-0.05, 0) is 44.2 Å². The van der Waals surface area contributed by atoms with E-state index >= 15 is 0 Å². The molecule has 1 aromatic heterocycles. The van der Waals surface area contributed by atoms with Crippen LogP contribution in [0.2, 0.25) is 0 Å². The Morgan fingerprint density at radius 2 is 2.12 bits per heavy atom. The average Bonchev–Trinajstić information content (AvgIpc) is 2.23. The molecule has 0 radical (unpaired) electrons. The summed E-state index contributed by atoms with van der Waals surface area (Å²) in [5.41, 5.74) is 16.3. The van der Waals surface area contributed by atoms with Gasteiger partial charge >= 0.3 is 0 Å². The molecule has 1 atom stereocenters. The Morgan fingerprint density at radius 1 is 1.38 bits per heavy atom. The Kier molecular flexibility index (Phi) is 2.72. The zero-order chi connectivity index (χ0) is 11.8. The molecule has 0 amide bonds. The highest BCUT2D eigenvalue weighted by molar-refractivity contribution is 5.72. The van der Waals surface area contributed by atoms with Crippen molar-refractivity contribution in [1.29, 1.82) is 0 Å². The van der Waals surface area contributed by atoms with Crippen LogP contribution in [-0.2, 0) is 0 Å². The van der Waals surface area contributed by atoms with E-state index in [2.05, 4.69) is 18.0 Å². The van der Waals surface area contributed by atoms with Crippen molar-refractivity contribution in [1.82, 2.24) is 4.98 Å². The molecule has 3 heteroatoms. The van der Waals surface area contributed by atoms with Crippen LogP contribution >= 0.6 is 0 Å². The summed E-state index contributed by atoms with van der Waals surface area (Å²) in [7, 11) is 0. The minimum absolute atomic E-state index is 0.0504. The van der Waals surface area contributed by atoms with Crippen LogP contribution in [0.5, 0.6) is 0 Å². The second-order valence-corrected chi connectivity index (χ2v) is 4.99. The normalized spacial score (nSPS) is 25.3. The van der Waals surface area contributed by atoms with Crippen LogP contribution in [0.4, 0.5) is 5.69 Å². The van der Waals surface area contributed by atoms with Gasteiger partial charge in [0.2, 0.25) is 0 Å². The average molecular weight is 217 g/mol. The lowest BCUT2D eigenvalue weighted by Crippen LogP contribution is -2.37. The van der Waals surface area contributed by atoms with Crippen LogP contribution in [-0.4, -0.2) is 10.5 Å². The smallest absolute Gasteiger partial charge is 0.0536 e. The summed E-state index contributed by atoms with van der Waals surface area (Å²) in [6.45, 7) is 4.15. The molecule has 0 aromatic carbocycles. The number of pyridine rings is 1. The first-order chi connectivity index (χ1) is 7.49. The van der Waals surface area contributed by atoms with Gasteiger partial charge in [-0.25, -0.2) is 0 Å². The molecule has 16 heavy (non-hydrogen) atoms. The van der Waals surface area contributed by atoms with Gasteiger partial charge in [0.1, 0.15) is 0 Å². The van der Waals surface area contributed by atoms with E-state index in [9.17, 15) is 0 Å². The minimum Gasteiger partial charge on any atom is -0.397 e. The molecule has 0 saturated heterocycles. The summed E-state index contributed by atoms with van der Waals surface area (Å²) in [4.78, 5) is 4.16. The maximum absolute atomic E-state index is 6.10. The van der Waals surface area contributed by atoms with Crippen LogP contribution in [0.25, 0.3) is 5.57 Å². The Bertz CT molecular complexity index is 433. The summed E-state index contributed by atoms with van der Waals surface area (Å²) in [6.07, 6.45) is 8.79. The van der Waals surface area contributed by atoms with Crippen LogP contribution in [0.3, 0.4) is 0 Å². The lowest BCUT2D eigenvalue weighted by atomic mass is 9.82. The number of nitrogens with two attached hydrogens (primary N) is 2. The first-order valence-electron chi connectivity index (χ1n) is 5.68. The van der Waals surface area contributed by atoms with Crippen molar-refractivity contribution in [2.75, 3.05) is 5.73 Å². The molecule has 0 spiro atoms. The van der Waals surface area contributed by atoms with Crippen molar-refractivity contribution < 1.29 is 0 Å². The Balaban J connectivity index is 2.33. The van der Waals surface area contributed by atoms with Crippen LogP contribution < -0.4 is 11.5 Å². The van der Waals surface area contributed by atoms with E-state index in [1.807, 2.05) is 13.1 Å². The number of hydrogen-bond acceptors (Lipinski definition) is 3. The molecule has 4 N–H and O–H groups in total. The van der Waals surface area contributed by atoms with Crippen molar-refractivity contribution in [3.63, 3.8) is 0 Å². The van der Waals surface area contributed by atoms with Crippen molar-refractivity contribution in [3.05, 3.63) is 29.6 Å². The number of anilines is 1. The lowest BCUT2D eigenvalue weighted by Gasteiger charge is -2.29. The van der Waals surface area contributed by atoms with Gasteiger partial charge in [0.15, 0.2) is 0 Å². The Morgan fingerprint density at radius 3 is 2.75 bits per heavy atom. The van der Waals surface area contributed by atoms with E-state index in [4.69, 9.17) is 11.5 Å². The summed E-state index contributed by atoms with van der Waals surface area (Å²) >= 11 is 0. The van der Waals surface area contributed by atoms with Crippen molar-refractivity contribution in [2.24, 2.45) is 5.73 Å². The second kappa shape index (κ2) is 3.91. The van der Waals surface area contributed by atoms with Crippen molar-refractivity contribution in [3.8, 4) is 0 Å². The fraction of sp³-hybridized carbons (Fsp3) is 0.462. The van der Waals surface area contributed by atoms with Crippen LogP contribution in [0.1, 0.15) is 37.3 Å². The van der Waals surface area contributed by atoms with E-state index in [1.54, 1.807) is 6.20 Å². The maximum atomic E-state index is 6.10. The van der Waals surface area contributed by atoms with Crippen molar-refractivity contribution >= 4 is 11.3 Å². The fourth-order valence-electron chi connectivity index (χ4n) is 2.09. The van der Waals surface area contributed by atoms with E-state index in [1.165, 1.54) is 11.1 Å². The monoisotopic (exact) mass is 217 g/mol. The predicted molar refractivity (Wildman–Crippen MR) is 67.8 cm³/mol. The van der Waals surface area contributed by atoms with Crippen molar-refractivity contribution in [2.45, 2.75) is 38.6 Å². The molecule has 0 fully saturated rings. The Hall–Kier alpha value is -1.35. The number of nitrogens with zero attached hydrogens (tertiary/aromatic N) is 1. The molecule has 1 unspecified atom stereocenters. The molecule has 0 bridgehead atoms. The van der Waals surface area contributed by atoms with Gasteiger partial charge in [0, 0.05) is 17.3 Å². The maximum Gasteiger partial charge on any atom is 0.0536 e. The minimum atomic E-state index is -0.0504. The molecular formula is C13H19N3. The molecule has 2 rings (SSSR count). The van der Waals surface area contributed by atoms with Crippen LogP contribution in [0, 0.1) is 6.92 Å². The highest BCUT2D eigenvalue weighted by Crippen LogP contribution is 2.33. The summed E-state index contributed by atoms with van der Waals surface area (Å²) in [5, 5.41) is 0. The van der Waals surface area contributed by atoms with Gasteiger partial charge in [0.05, 0.1) is 11.9 Å². The summed E-state index contributed by atoms with van der Waals surface area (Å²) in [6, 6.07) is 0. The molecule has 86 valence electrons. The summed E-state index contributed by atoms with van der Waals surface area (Å²) in [5.74, 6) is 0. The SMILES string of the molecule is Cc1c(N)cncc1C1=CCC(C)(N)CC1. The third kappa shape index (κ3) is 2.09. The highest BCUT2D eigenvalue weighted by Gasteiger charge is 2.23. The largest absolute Gasteiger partial charge is 0.397 e. The van der Waals surface area contributed by atoms with E-state index in [-0.39, 0.29) is 5.54 Å². The van der Waals surface area contributed by atoms with Gasteiger partial charge < -0.3 is 11.5 Å². The quantitative estimate of drug-likeness (QED) is 0.758. The first-order valence-corrected chi connectivity index (χ1v) is 5.68. The molecule has 1 aromatic rings. The topological polar surface area (TPSA) is 64.9 Å². The fourth-order valence-corrected chi connectivity index (χ4v) is 2.09. The number of aromatic nitrogens is 1. The van der Waals surface area contributed by atoms with E-state index in [0.717, 1.165) is 30.5 Å². The number of nitrogen functional groups attached to an aromatic ring is 1. The molecule has 1 aliphatic rings. The second-order valence-electron chi connectivity index (χ2n) is 4.99. The Labute approximate surface area is 96.6 Å². The van der Waals surface area contributed by atoms with Gasteiger partial charge in [-0.1, -0.05) is 6.08 Å². The zero-order valence-electron chi connectivity index (χ0n) is 9.96. The predicted octanol–water partition coefficient (Wildman–Crippen LogP) is 2.26. The molecular weight excluding hydrogens is 198 g/mol. The van der Waals surface area contributed by atoms with E-state index < -0.39 is 0 Å². The van der Waals surface area contributed by atoms with Gasteiger partial charge in [-0.2, -0.15) is 0 Å². The third-order valence-electron chi connectivity index (χ3n) is 3.38.